The number of nitrogens with one attached hydrogen (secondary N) is 1. The number of benzene rings is 2. The van der Waals surface area contributed by atoms with Crippen molar-refractivity contribution in [3.63, 3.8) is 0 Å². The molecule has 136 valence electrons. The molecule has 3 rings (SSSR count). The van der Waals surface area contributed by atoms with Gasteiger partial charge < -0.3 is 14.5 Å². The number of imidazole rings is 1. The number of aromatic amines is 1. The van der Waals surface area contributed by atoms with Gasteiger partial charge in [0.25, 0.3) is 0 Å². The first-order valence-corrected chi connectivity index (χ1v) is 8.54. The van der Waals surface area contributed by atoms with Crippen LogP contribution in [0.3, 0.4) is 0 Å². The Bertz CT molecular complexity index is 1070. The summed E-state index contributed by atoms with van der Waals surface area (Å²) in [6, 6.07) is 13.2. The third kappa shape index (κ3) is 4.15. The van der Waals surface area contributed by atoms with Gasteiger partial charge in [0, 0.05) is 6.92 Å². The highest BCUT2D eigenvalue weighted by Gasteiger charge is 2.11. The molecule has 0 spiro atoms. The van der Waals surface area contributed by atoms with Crippen LogP contribution in [-0.4, -0.2) is 22.5 Å². The average Bonchev–Trinajstić information content (AvgIpc) is 3.04. The zero-order chi connectivity index (χ0) is 19.4. The molecular weight excluding hydrogens is 342 g/mol. The van der Waals surface area contributed by atoms with Gasteiger partial charge in [-0.25, -0.2) is 4.98 Å². The highest BCUT2D eigenvalue weighted by molar-refractivity contribution is 5.90. The number of nitriles is 1. The summed E-state index contributed by atoms with van der Waals surface area (Å²) in [6.45, 7) is 5.61. The molecule has 0 amide bonds. The Kier molecular flexibility index (Phi) is 5.23. The summed E-state index contributed by atoms with van der Waals surface area (Å²) in [5.41, 5.74) is 3.93. The van der Waals surface area contributed by atoms with Gasteiger partial charge in [0.05, 0.1) is 23.2 Å². The number of nitrogens with zero attached hydrogens (tertiary/aromatic N) is 2. The van der Waals surface area contributed by atoms with Crippen LogP contribution >= 0.6 is 0 Å². The van der Waals surface area contributed by atoms with Crippen LogP contribution in [0.5, 0.6) is 11.5 Å². The van der Waals surface area contributed by atoms with Gasteiger partial charge >= 0.3 is 5.97 Å². The third-order valence-electron chi connectivity index (χ3n) is 3.85. The predicted molar refractivity (Wildman–Crippen MR) is 103 cm³/mol. The number of esters is 1. The maximum Gasteiger partial charge on any atom is 0.308 e. The van der Waals surface area contributed by atoms with E-state index in [4.69, 9.17) is 9.47 Å². The summed E-state index contributed by atoms with van der Waals surface area (Å²) in [6.07, 6.45) is 1.71. The van der Waals surface area contributed by atoms with Gasteiger partial charge in [-0.15, -0.1) is 0 Å². The fourth-order valence-electron chi connectivity index (χ4n) is 2.69. The summed E-state index contributed by atoms with van der Waals surface area (Å²) in [4.78, 5) is 18.9. The Morgan fingerprint density at radius 3 is 2.78 bits per heavy atom. The number of carbonyl (C=O) groups is 1. The number of hydrogen-bond donors (Lipinski definition) is 1. The lowest BCUT2D eigenvalue weighted by Gasteiger charge is -2.10. The Morgan fingerprint density at radius 1 is 1.26 bits per heavy atom. The van der Waals surface area contributed by atoms with Crippen LogP contribution in [0.25, 0.3) is 22.7 Å². The van der Waals surface area contributed by atoms with Crippen molar-refractivity contribution in [2.24, 2.45) is 0 Å². The van der Waals surface area contributed by atoms with E-state index in [0.717, 1.165) is 22.2 Å². The molecule has 0 unspecified atom stereocenters. The lowest BCUT2D eigenvalue weighted by Crippen LogP contribution is -2.04. The van der Waals surface area contributed by atoms with Crippen LogP contribution in [0.4, 0.5) is 0 Å². The SMILES string of the molecule is CCOc1cc(C=C(C#N)c2nc3ccc(C)cc3[nH]2)ccc1OC(C)=O. The smallest absolute Gasteiger partial charge is 0.308 e. The minimum Gasteiger partial charge on any atom is -0.490 e. The zero-order valence-corrected chi connectivity index (χ0v) is 15.4. The topological polar surface area (TPSA) is 88.0 Å². The number of rotatable bonds is 5. The monoisotopic (exact) mass is 361 g/mol. The quantitative estimate of drug-likeness (QED) is 0.417. The van der Waals surface area contributed by atoms with E-state index in [1.807, 2.05) is 32.0 Å². The number of carbonyl (C=O) groups excluding carboxylic acids is 1. The molecule has 3 aromatic rings. The molecule has 0 aliphatic heterocycles. The van der Waals surface area contributed by atoms with Crippen LogP contribution < -0.4 is 9.47 Å². The van der Waals surface area contributed by atoms with E-state index in [2.05, 4.69) is 16.0 Å². The number of fused-ring (bicyclic) bond motifs is 1. The van der Waals surface area contributed by atoms with Gasteiger partial charge in [-0.2, -0.15) is 5.26 Å². The first-order chi connectivity index (χ1) is 13.0. The van der Waals surface area contributed by atoms with Gasteiger partial charge in [0.1, 0.15) is 11.9 Å². The molecule has 0 atom stereocenters. The van der Waals surface area contributed by atoms with E-state index in [-0.39, 0.29) is 0 Å². The van der Waals surface area contributed by atoms with Gasteiger partial charge in [-0.05, 0) is 55.3 Å². The van der Waals surface area contributed by atoms with Crippen LogP contribution in [0.15, 0.2) is 36.4 Å². The van der Waals surface area contributed by atoms with Crippen molar-refractivity contribution in [2.45, 2.75) is 20.8 Å². The fraction of sp³-hybridized carbons (Fsp3) is 0.190. The van der Waals surface area contributed by atoms with Crippen molar-refractivity contribution < 1.29 is 14.3 Å². The highest BCUT2D eigenvalue weighted by Crippen LogP contribution is 2.30. The van der Waals surface area contributed by atoms with Crippen molar-refractivity contribution in [3.05, 3.63) is 53.3 Å². The standard InChI is InChI=1S/C21H19N3O3/c1-4-26-20-11-15(6-8-19(20)27-14(3)25)10-16(12-22)21-23-17-7-5-13(2)9-18(17)24-21/h5-11H,4H2,1-3H3,(H,23,24). The normalized spacial score (nSPS) is 11.3. The Hall–Kier alpha value is -3.59. The molecule has 0 bridgehead atoms. The van der Waals surface area contributed by atoms with E-state index in [1.54, 1.807) is 24.3 Å². The summed E-state index contributed by atoms with van der Waals surface area (Å²) in [5, 5.41) is 9.59. The molecule has 0 radical (unpaired) electrons. The summed E-state index contributed by atoms with van der Waals surface area (Å²) >= 11 is 0. The van der Waals surface area contributed by atoms with Gasteiger partial charge in [0.15, 0.2) is 11.5 Å². The summed E-state index contributed by atoms with van der Waals surface area (Å²) in [5.74, 6) is 0.868. The molecule has 1 heterocycles. The second kappa shape index (κ2) is 7.75. The molecule has 0 saturated carbocycles. The van der Waals surface area contributed by atoms with E-state index in [0.29, 0.717) is 29.5 Å². The van der Waals surface area contributed by atoms with E-state index in [1.165, 1.54) is 6.92 Å². The number of H-pyrrole nitrogens is 1. The summed E-state index contributed by atoms with van der Waals surface area (Å²) in [7, 11) is 0. The molecule has 6 nitrogen and oxygen atoms in total. The maximum atomic E-state index is 11.2. The second-order valence-corrected chi connectivity index (χ2v) is 6.01. The number of aryl methyl sites for hydroxylation is 1. The van der Waals surface area contributed by atoms with Crippen molar-refractivity contribution in [1.29, 1.82) is 5.26 Å². The Morgan fingerprint density at radius 2 is 2.07 bits per heavy atom. The minimum atomic E-state index is -0.422. The number of allylic oxidation sites excluding steroid dienone is 1. The van der Waals surface area contributed by atoms with Gasteiger partial charge in [-0.3, -0.25) is 4.79 Å². The average molecular weight is 361 g/mol. The fourth-order valence-corrected chi connectivity index (χ4v) is 2.69. The van der Waals surface area contributed by atoms with Crippen molar-refractivity contribution >= 4 is 28.7 Å². The zero-order valence-electron chi connectivity index (χ0n) is 15.4. The van der Waals surface area contributed by atoms with E-state index in [9.17, 15) is 10.1 Å². The van der Waals surface area contributed by atoms with Crippen LogP contribution in [0.2, 0.25) is 0 Å². The van der Waals surface area contributed by atoms with Crippen LogP contribution in [-0.2, 0) is 4.79 Å². The van der Waals surface area contributed by atoms with Crippen molar-refractivity contribution in [3.8, 4) is 17.6 Å². The lowest BCUT2D eigenvalue weighted by molar-refractivity contribution is -0.132. The number of hydrogen-bond acceptors (Lipinski definition) is 5. The number of aromatic nitrogens is 2. The molecule has 0 aliphatic rings. The van der Waals surface area contributed by atoms with E-state index < -0.39 is 5.97 Å². The molecule has 1 aromatic heterocycles. The predicted octanol–water partition coefficient (Wildman–Crippen LogP) is 4.26. The maximum absolute atomic E-state index is 11.2. The van der Waals surface area contributed by atoms with Crippen molar-refractivity contribution in [2.75, 3.05) is 6.61 Å². The molecule has 0 fully saturated rings. The molecule has 6 heteroatoms. The van der Waals surface area contributed by atoms with Crippen molar-refractivity contribution in [1.82, 2.24) is 9.97 Å². The lowest BCUT2D eigenvalue weighted by atomic mass is 10.1. The number of ether oxygens (including phenoxy) is 2. The largest absolute Gasteiger partial charge is 0.490 e. The highest BCUT2D eigenvalue weighted by atomic mass is 16.6. The molecular formula is C21H19N3O3. The first kappa shape index (κ1) is 18.2. The Balaban J connectivity index is 2.00. The third-order valence-corrected chi connectivity index (χ3v) is 3.85. The molecule has 27 heavy (non-hydrogen) atoms. The molecule has 2 aromatic carbocycles. The van der Waals surface area contributed by atoms with Crippen LogP contribution in [0, 0.1) is 18.3 Å². The van der Waals surface area contributed by atoms with Gasteiger partial charge in [-0.1, -0.05) is 12.1 Å². The molecule has 1 N–H and O–H groups in total. The second-order valence-electron chi connectivity index (χ2n) is 6.01. The summed E-state index contributed by atoms with van der Waals surface area (Å²) < 4.78 is 10.7. The first-order valence-electron chi connectivity index (χ1n) is 8.54. The molecule has 0 saturated heterocycles. The van der Waals surface area contributed by atoms with Gasteiger partial charge in [0.2, 0.25) is 0 Å². The van der Waals surface area contributed by atoms with Crippen LogP contribution in [0.1, 0.15) is 30.8 Å². The Labute approximate surface area is 157 Å². The van der Waals surface area contributed by atoms with E-state index >= 15 is 0 Å². The minimum absolute atomic E-state index is 0.346. The molecule has 0 aliphatic carbocycles.